The molecular weight excluding hydrogens is 274 g/mol. The molecule has 0 radical (unpaired) electrons. The van der Waals surface area contributed by atoms with Crippen LogP contribution in [0.25, 0.3) is 6.08 Å². The molecule has 1 aromatic rings. The van der Waals surface area contributed by atoms with E-state index >= 15 is 0 Å². The van der Waals surface area contributed by atoms with Crippen LogP contribution in [0.4, 0.5) is 5.69 Å². The minimum absolute atomic E-state index is 0.0187. The number of nitrogens with zero attached hydrogens (tertiary/aromatic N) is 1. The fourth-order valence-electron chi connectivity index (χ4n) is 1.50. The Bertz CT molecular complexity index is 499. The summed E-state index contributed by atoms with van der Waals surface area (Å²) in [4.78, 5) is 21.6. The lowest BCUT2D eigenvalue weighted by atomic mass is 10.2. The monoisotopic (exact) mass is 293 g/mol. The van der Waals surface area contributed by atoms with E-state index in [0.717, 1.165) is 12.8 Å². The fourth-order valence-corrected chi connectivity index (χ4v) is 1.50. The fraction of sp³-hybridized carbons (Fsp3) is 0.400. The first-order valence-corrected chi connectivity index (χ1v) is 6.80. The topological polar surface area (TPSA) is 78.7 Å². The zero-order valence-corrected chi connectivity index (χ0v) is 12.0. The van der Waals surface area contributed by atoms with Crippen LogP contribution in [0.3, 0.4) is 0 Å². The van der Waals surface area contributed by atoms with Crippen LogP contribution >= 0.6 is 0 Å². The Labute approximate surface area is 123 Å². The maximum atomic E-state index is 11.4. The number of unbranched alkanes of at least 4 members (excludes halogenated alkanes) is 1. The zero-order valence-electron chi connectivity index (χ0n) is 12.0. The van der Waals surface area contributed by atoms with Gasteiger partial charge in [0.25, 0.3) is 5.69 Å². The normalized spacial score (nSPS) is 10.7. The van der Waals surface area contributed by atoms with E-state index in [1.165, 1.54) is 24.3 Å². The third kappa shape index (κ3) is 7.22. The van der Waals surface area contributed by atoms with Gasteiger partial charge in [0, 0.05) is 24.8 Å². The number of carbonyl (C=O) groups excluding carboxylic acids is 1. The number of esters is 1. The number of hydrogen-bond donors (Lipinski definition) is 0. The van der Waals surface area contributed by atoms with Crippen molar-refractivity contribution in [3.63, 3.8) is 0 Å². The maximum Gasteiger partial charge on any atom is 0.330 e. The first kappa shape index (κ1) is 16.8. The summed E-state index contributed by atoms with van der Waals surface area (Å²) in [6, 6.07) is 6.01. The van der Waals surface area contributed by atoms with Gasteiger partial charge in [-0.05, 0) is 18.1 Å². The molecule has 0 amide bonds. The number of non-ortho nitro benzene ring substituents is 1. The molecule has 0 spiro atoms. The summed E-state index contributed by atoms with van der Waals surface area (Å²) in [6.45, 7) is 3.30. The summed E-state index contributed by atoms with van der Waals surface area (Å²) in [5.74, 6) is -0.499. The molecule has 1 aromatic carbocycles. The van der Waals surface area contributed by atoms with E-state index in [4.69, 9.17) is 9.47 Å². The standard InChI is InChI=1S/C15H19NO5/c1-2-3-9-20-10-11-21-15(17)8-7-13-5-4-6-14(12-13)16(18)19/h4-8,12H,2-3,9-11H2,1H3/b8-7+. The van der Waals surface area contributed by atoms with Crippen LogP contribution in [0.1, 0.15) is 25.3 Å². The molecule has 0 saturated carbocycles. The number of nitro groups is 1. The zero-order chi connectivity index (χ0) is 15.5. The first-order valence-electron chi connectivity index (χ1n) is 6.80. The molecule has 0 heterocycles. The Balaban J connectivity index is 2.33. The SMILES string of the molecule is CCCCOCCOC(=O)/C=C/c1cccc([N+](=O)[O-])c1. The number of hydrogen-bond acceptors (Lipinski definition) is 5. The van der Waals surface area contributed by atoms with Gasteiger partial charge in [0.2, 0.25) is 0 Å². The van der Waals surface area contributed by atoms with Crippen molar-refractivity contribution in [1.29, 1.82) is 0 Å². The van der Waals surface area contributed by atoms with Gasteiger partial charge in [-0.3, -0.25) is 10.1 Å². The third-order valence-corrected chi connectivity index (χ3v) is 2.61. The Morgan fingerprint density at radius 3 is 2.86 bits per heavy atom. The second-order valence-corrected chi connectivity index (χ2v) is 4.32. The number of benzene rings is 1. The van der Waals surface area contributed by atoms with Crippen LogP contribution in [-0.4, -0.2) is 30.7 Å². The van der Waals surface area contributed by atoms with Crippen LogP contribution in [0, 0.1) is 10.1 Å². The van der Waals surface area contributed by atoms with E-state index in [-0.39, 0.29) is 12.3 Å². The van der Waals surface area contributed by atoms with Crippen LogP contribution < -0.4 is 0 Å². The van der Waals surface area contributed by atoms with Gasteiger partial charge in [0.15, 0.2) is 0 Å². The van der Waals surface area contributed by atoms with E-state index in [1.54, 1.807) is 12.1 Å². The molecular formula is C15H19NO5. The lowest BCUT2D eigenvalue weighted by Gasteiger charge is -2.03. The molecule has 6 nitrogen and oxygen atoms in total. The van der Waals surface area contributed by atoms with E-state index in [0.29, 0.717) is 18.8 Å². The van der Waals surface area contributed by atoms with Crippen LogP contribution in [-0.2, 0) is 14.3 Å². The summed E-state index contributed by atoms with van der Waals surface area (Å²) < 4.78 is 10.2. The van der Waals surface area contributed by atoms with Crippen LogP contribution in [0.15, 0.2) is 30.3 Å². The molecule has 0 saturated heterocycles. The second-order valence-electron chi connectivity index (χ2n) is 4.32. The predicted molar refractivity (Wildman–Crippen MR) is 78.8 cm³/mol. The Hall–Kier alpha value is -2.21. The first-order chi connectivity index (χ1) is 10.1. The Kier molecular flexibility index (Phi) is 7.74. The van der Waals surface area contributed by atoms with Gasteiger partial charge in [-0.25, -0.2) is 4.79 Å². The van der Waals surface area contributed by atoms with Crippen molar-refractivity contribution >= 4 is 17.7 Å². The smallest absolute Gasteiger partial charge is 0.330 e. The molecule has 0 N–H and O–H groups in total. The van der Waals surface area contributed by atoms with Crippen molar-refractivity contribution in [2.75, 3.05) is 19.8 Å². The van der Waals surface area contributed by atoms with Gasteiger partial charge in [0.1, 0.15) is 6.61 Å². The molecule has 0 atom stereocenters. The molecule has 0 aliphatic rings. The minimum atomic E-state index is -0.499. The number of carbonyl (C=O) groups is 1. The van der Waals surface area contributed by atoms with Gasteiger partial charge < -0.3 is 9.47 Å². The highest BCUT2D eigenvalue weighted by atomic mass is 16.6. The van der Waals surface area contributed by atoms with Gasteiger partial charge in [-0.15, -0.1) is 0 Å². The predicted octanol–water partition coefficient (Wildman–Crippen LogP) is 2.97. The van der Waals surface area contributed by atoms with E-state index in [9.17, 15) is 14.9 Å². The highest BCUT2D eigenvalue weighted by molar-refractivity contribution is 5.87. The largest absolute Gasteiger partial charge is 0.460 e. The van der Waals surface area contributed by atoms with E-state index in [2.05, 4.69) is 6.92 Å². The van der Waals surface area contributed by atoms with Crippen molar-refractivity contribution < 1.29 is 19.2 Å². The molecule has 0 aromatic heterocycles. The summed E-state index contributed by atoms with van der Waals surface area (Å²) >= 11 is 0. The highest BCUT2D eigenvalue weighted by Crippen LogP contribution is 2.14. The van der Waals surface area contributed by atoms with Gasteiger partial charge in [0.05, 0.1) is 11.5 Å². The molecule has 0 aliphatic heterocycles. The average Bonchev–Trinajstić information content (AvgIpc) is 2.49. The molecule has 114 valence electrons. The lowest BCUT2D eigenvalue weighted by molar-refractivity contribution is -0.384. The summed E-state index contributed by atoms with van der Waals surface area (Å²) in [5, 5.41) is 10.6. The van der Waals surface area contributed by atoms with E-state index < -0.39 is 10.9 Å². The van der Waals surface area contributed by atoms with Crippen LogP contribution in [0.5, 0.6) is 0 Å². The van der Waals surface area contributed by atoms with Crippen molar-refractivity contribution in [3.8, 4) is 0 Å². The second kappa shape index (κ2) is 9.66. The number of rotatable bonds is 9. The summed E-state index contributed by atoms with van der Waals surface area (Å²) in [5.41, 5.74) is 0.551. The maximum absolute atomic E-state index is 11.4. The van der Waals surface area contributed by atoms with Crippen molar-refractivity contribution in [1.82, 2.24) is 0 Å². The van der Waals surface area contributed by atoms with Crippen molar-refractivity contribution in [2.24, 2.45) is 0 Å². The van der Waals surface area contributed by atoms with Crippen molar-refractivity contribution in [2.45, 2.75) is 19.8 Å². The molecule has 0 bridgehead atoms. The molecule has 1 rings (SSSR count). The Morgan fingerprint density at radius 2 is 2.14 bits per heavy atom. The van der Waals surface area contributed by atoms with Crippen LogP contribution in [0.2, 0.25) is 0 Å². The summed E-state index contributed by atoms with van der Waals surface area (Å²) in [6.07, 6.45) is 4.77. The molecule has 0 aliphatic carbocycles. The average molecular weight is 293 g/mol. The Morgan fingerprint density at radius 1 is 1.33 bits per heavy atom. The highest BCUT2D eigenvalue weighted by Gasteiger charge is 2.04. The molecule has 0 fully saturated rings. The van der Waals surface area contributed by atoms with Gasteiger partial charge in [-0.2, -0.15) is 0 Å². The lowest BCUT2D eigenvalue weighted by Crippen LogP contribution is -2.09. The number of ether oxygens (including phenoxy) is 2. The molecule has 21 heavy (non-hydrogen) atoms. The van der Waals surface area contributed by atoms with Crippen molar-refractivity contribution in [3.05, 3.63) is 46.0 Å². The summed E-state index contributed by atoms with van der Waals surface area (Å²) in [7, 11) is 0. The number of nitro benzene ring substituents is 1. The minimum Gasteiger partial charge on any atom is -0.460 e. The molecule has 6 heteroatoms. The van der Waals surface area contributed by atoms with Gasteiger partial charge in [-0.1, -0.05) is 25.5 Å². The quantitative estimate of drug-likeness (QED) is 0.230. The van der Waals surface area contributed by atoms with E-state index in [1.807, 2.05) is 0 Å². The molecule has 0 unspecified atom stereocenters. The van der Waals surface area contributed by atoms with Gasteiger partial charge >= 0.3 is 5.97 Å². The third-order valence-electron chi connectivity index (χ3n) is 2.61.